The lowest BCUT2D eigenvalue weighted by Crippen LogP contribution is -2.32. The van der Waals surface area contributed by atoms with Gasteiger partial charge in [-0.1, -0.05) is 23.3 Å². The van der Waals surface area contributed by atoms with Crippen LogP contribution in [-0.4, -0.2) is 64.9 Å². The molecule has 2 atom stereocenters. The number of carbonyl (C=O) groups is 1. The molecule has 2 heterocycles. The molecule has 1 aliphatic rings. The van der Waals surface area contributed by atoms with Crippen LogP contribution >= 0.6 is 0 Å². The summed E-state index contributed by atoms with van der Waals surface area (Å²) in [6, 6.07) is 8.83. The number of aromatic nitrogens is 4. The van der Waals surface area contributed by atoms with Crippen molar-refractivity contribution < 1.29 is 27.4 Å². The molecule has 1 aromatic heterocycles. The molecule has 0 amide bonds. The Kier molecular flexibility index (Phi) is 7.01. The summed E-state index contributed by atoms with van der Waals surface area (Å²) in [5.74, 6) is -1.34. The van der Waals surface area contributed by atoms with Gasteiger partial charge in [-0.15, -0.1) is 0 Å². The van der Waals surface area contributed by atoms with Crippen LogP contribution in [0.1, 0.15) is 47.5 Å². The Bertz CT molecular complexity index is 1030. The lowest BCUT2D eigenvalue weighted by atomic mass is 9.97. The number of benzene rings is 1. The van der Waals surface area contributed by atoms with Crippen molar-refractivity contribution >= 4 is 15.8 Å². The molecule has 0 spiro atoms. The number of rotatable bonds is 8. The van der Waals surface area contributed by atoms with Gasteiger partial charge >= 0.3 is 5.97 Å². The van der Waals surface area contributed by atoms with Crippen LogP contribution in [0, 0.1) is 5.41 Å². The fraction of sp³-hybridized carbons (Fsp3) is 0.619. The van der Waals surface area contributed by atoms with E-state index in [2.05, 4.69) is 15.5 Å². The highest BCUT2D eigenvalue weighted by molar-refractivity contribution is 7.91. The zero-order chi connectivity index (χ0) is 23.6. The van der Waals surface area contributed by atoms with Crippen LogP contribution in [-0.2, 0) is 28.8 Å². The lowest BCUT2D eigenvalue weighted by molar-refractivity contribution is -0.165. The van der Waals surface area contributed by atoms with E-state index >= 15 is 0 Å². The Hall–Kier alpha value is -2.37. The van der Waals surface area contributed by atoms with E-state index in [1.54, 1.807) is 58.9 Å². The highest BCUT2D eigenvalue weighted by Crippen LogP contribution is 2.31. The van der Waals surface area contributed by atoms with Gasteiger partial charge in [0.15, 0.2) is 5.79 Å². The number of esters is 1. The number of hydrogen-bond donors (Lipinski definition) is 0. The molecule has 0 radical (unpaired) electrons. The van der Waals surface area contributed by atoms with Crippen LogP contribution in [0.2, 0.25) is 0 Å². The minimum Gasteiger partial charge on any atom is -0.462 e. The van der Waals surface area contributed by atoms with Gasteiger partial charge in [0.1, 0.15) is 12.7 Å². The van der Waals surface area contributed by atoms with Gasteiger partial charge in [-0.2, -0.15) is 4.68 Å². The summed E-state index contributed by atoms with van der Waals surface area (Å²) in [7, 11) is -3.73. The fourth-order valence-electron chi connectivity index (χ4n) is 3.34. The number of hydrogen-bond acceptors (Lipinski definition) is 9. The Balaban J connectivity index is 1.62. The minimum atomic E-state index is -3.73. The predicted molar refractivity (Wildman–Crippen MR) is 115 cm³/mol. The zero-order valence-corrected chi connectivity index (χ0v) is 19.8. The van der Waals surface area contributed by atoms with Crippen molar-refractivity contribution in [1.29, 1.82) is 0 Å². The highest BCUT2D eigenvalue weighted by atomic mass is 32.2. The van der Waals surface area contributed by atoms with Gasteiger partial charge in [0.2, 0.25) is 9.84 Å². The summed E-state index contributed by atoms with van der Waals surface area (Å²) < 4.78 is 44.2. The van der Waals surface area contributed by atoms with E-state index in [1.165, 1.54) is 4.68 Å². The number of carbonyl (C=O) groups excluding carboxylic acids is 1. The maximum absolute atomic E-state index is 12.9. The second kappa shape index (κ2) is 9.24. The van der Waals surface area contributed by atoms with Gasteiger partial charge in [-0.05, 0) is 70.0 Å². The molecule has 0 bridgehead atoms. The summed E-state index contributed by atoms with van der Waals surface area (Å²) in [5, 5.41) is 10.9. The molecular weight excluding hydrogens is 436 g/mol. The van der Waals surface area contributed by atoms with Crippen molar-refractivity contribution in [2.24, 2.45) is 5.41 Å². The normalized spacial score (nSPS) is 20.9. The monoisotopic (exact) mass is 466 g/mol. The Morgan fingerprint density at radius 3 is 2.47 bits per heavy atom. The Morgan fingerprint density at radius 2 is 1.81 bits per heavy atom. The van der Waals surface area contributed by atoms with E-state index in [4.69, 9.17) is 14.2 Å². The number of ether oxygens (including phenoxy) is 3. The second-order valence-corrected chi connectivity index (χ2v) is 11.2. The molecule has 10 nitrogen and oxygen atoms in total. The van der Waals surface area contributed by atoms with Crippen molar-refractivity contribution in [1.82, 2.24) is 20.2 Å². The molecule has 0 unspecified atom stereocenters. The highest BCUT2D eigenvalue weighted by Gasteiger charge is 2.42. The van der Waals surface area contributed by atoms with Crippen molar-refractivity contribution in [2.75, 3.05) is 12.4 Å². The molecule has 1 fully saturated rings. The molecule has 1 aliphatic heterocycles. The van der Waals surface area contributed by atoms with E-state index in [-0.39, 0.29) is 23.5 Å². The maximum atomic E-state index is 12.9. The minimum absolute atomic E-state index is 0.0448. The summed E-state index contributed by atoms with van der Waals surface area (Å²) in [4.78, 5) is 12.1. The van der Waals surface area contributed by atoms with Crippen molar-refractivity contribution in [2.45, 2.75) is 70.6 Å². The first-order chi connectivity index (χ1) is 14.9. The van der Waals surface area contributed by atoms with E-state index < -0.39 is 33.2 Å². The van der Waals surface area contributed by atoms with Gasteiger partial charge in [-0.3, -0.25) is 4.79 Å². The third-order valence-electron chi connectivity index (χ3n) is 4.90. The van der Waals surface area contributed by atoms with E-state index in [9.17, 15) is 13.2 Å². The number of nitrogens with zero attached hydrogens (tertiary/aromatic N) is 4. The molecule has 2 aromatic rings. The van der Waals surface area contributed by atoms with Crippen LogP contribution in [0.15, 0.2) is 35.5 Å². The van der Waals surface area contributed by atoms with Gasteiger partial charge in [0.05, 0.1) is 23.0 Å². The second-order valence-electron chi connectivity index (χ2n) is 9.23. The molecule has 11 heteroatoms. The Labute approximate surface area is 188 Å². The van der Waals surface area contributed by atoms with E-state index in [0.29, 0.717) is 18.5 Å². The van der Waals surface area contributed by atoms with Gasteiger partial charge in [0, 0.05) is 0 Å². The topological polar surface area (TPSA) is 123 Å². The SMILES string of the molecule is CC1(C)O[C@@H](CCCS(=O)(=O)c2nnnn2-c2ccccc2)[C@@H](COC(=O)C(C)(C)C)O1. The molecule has 0 saturated carbocycles. The quantitative estimate of drug-likeness (QED) is 0.539. The fourth-order valence-corrected chi connectivity index (χ4v) is 4.63. The smallest absolute Gasteiger partial charge is 0.311 e. The summed E-state index contributed by atoms with van der Waals surface area (Å²) in [6.07, 6.45) is -0.169. The lowest BCUT2D eigenvalue weighted by Gasteiger charge is -2.21. The van der Waals surface area contributed by atoms with Gasteiger partial charge < -0.3 is 14.2 Å². The summed E-state index contributed by atoms with van der Waals surface area (Å²) >= 11 is 0. The largest absolute Gasteiger partial charge is 0.462 e. The third-order valence-corrected chi connectivity index (χ3v) is 6.53. The molecule has 1 aromatic carbocycles. The number of sulfone groups is 1. The standard InChI is InChI=1S/C21H30N4O6S/c1-20(2,3)18(26)29-14-17-16(30-21(4,5)31-17)12-9-13-32(27,28)19-22-23-24-25(19)15-10-7-6-8-11-15/h6-8,10-11,16-17H,9,12-14H2,1-5H3/t16-,17+/m0/s1. The van der Waals surface area contributed by atoms with Crippen LogP contribution in [0.4, 0.5) is 0 Å². The van der Waals surface area contributed by atoms with Crippen LogP contribution < -0.4 is 0 Å². The number of tetrazole rings is 1. The van der Waals surface area contributed by atoms with E-state index in [0.717, 1.165) is 0 Å². The zero-order valence-electron chi connectivity index (χ0n) is 19.0. The molecule has 0 aliphatic carbocycles. The predicted octanol–water partition coefficient (Wildman–Crippen LogP) is 2.33. The first-order valence-corrected chi connectivity index (χ1v) is 12.1. The molecule has 3 rings (SSSR count). The average molecular weight is 467 g/mol. The van der Waals surface area contributed by atoms with Gasteiger partial charge in [-0.25, -0.2) is 8.42 Å². The van der Waals surface area contributed by atoms with Crippen LogP contribution in [0.3, 0.4) is 0 Å². The van der Waals surface area contributed by atoms with Crippen LogP contribution in [0.5, 0.6) is 0 Å². The first kappa shape index (κ1) is 24.3. The van der Waals surface area contributed by atoms with Crippen LogP contribution in [0.25, 0.3) is 5.69 Å². The maximum Gasteiger partial charge on any atom is 0.311 e. The first-order valence-electron chi connectivity index (χ1n) is 10.5. The third kappa shape index (κ3) is 5.90. The molecule has 32 heavy (non-hydrogen) atoms. The van der Waals surface area contributed by atoms with Crippen molar-refractivity contribution in [3.8, 4) is 5.69 Å². The number of para-hydroxylation sites is 1. The molecular formula is C21H30N4O6S. The van der Waals surface area contributed by atoms with E-state index in [1.807, 2.05) is 6.07 Å². The van der Waals surface area contributed by atoms with Crippen molar-refractivity contribution in [3.63, 3.8) is 0 Å². The van der Waals surface area contributed by atoms with Gasteiger partial charge in [0.25, 0.3) is 5.16 Å². The van der Waals surface area contributed by atoms with Crippen molar-refractivity contribution in [3.05, 3.63) is 30.3 Å². The Morgan fingerprint density at radius 1 is 1.16 bits per heavy atom. The molecule has 0 N–H and O–H groups in total. The molecule has 1 saturated heterocycles. The average Bonchev–Trinajstić information content (AvgIpc) is 3.31. The molecule has 176 valence electrons. The summed E-state index contributed by atoms with van der Waals surface area (Å²) in [6.45, 7) is 8.92. The summed E-state index contributed by atoms with van der Waals surface area (Å²) in [5.41, 5.74) is -0.0625.